The first-order valence-corrected chi connectivity index (χ1v) is 11.0. The molecule has 2 aromatic rings. The summed E-state index contributed by atoms with van der Waals surface area (Å²) in [7, 11) is 0. The van der Waals surface area contributed by atoms with Crippen LogP contribution in [0.25, 0.3) is 0 Å². The van der Waals surface area contributed by atoms with E-state index in [-0.39, 0.29) is 25.0 Å². The smallest absolute Gasteiger partial charge is 0.417 e. The highest BCUT2D eigenvalue weighted by molar-refractivity contribution is 6.42. The summed E-state index contributed by atoms with van der Waals surface area (Å²) in [5.74, 6) is -0.0520. The third-order valence-electron chi connectivity index (χ3n) is 4.84. The van der Waals surface area contributed by atoms with E-state index in [1.807, 2.05) is 0 Å². The van der Waals surface area contributed by atoms with Gasteiger partial charge in [0.05, 0.1) is 27.8 Å². The van der Waals surface area contributed by atoms with Crippen molar-refractivity contribution in [3.05, 3.63) is 57.8 Å². The van der Waals surface area contributed by atoms with Crippen molar-refractivity contribution in [3.8, 4) is 5.75 Å². The molecule has 0 saturated heterocycles. The van der Waals surface area contributed by atoms with Crippen molar-refractivity contribution >= 4 is 35.0 Å². The first-order chi connectivity index (χ1) is 15.6. The Morgan fingerprint density at radius 3 is 2.33 bits per heavy atom. The van der Waals surface area contributed by atoms with E-state index >= 15 is 0 Å². The number of primary amides is 1. The molecule has 1 saturated carbocycles. The van der Waals surface area contributed by atoms with Crippen molar-refractivity contribution in [3.63, 3.8) is 0 Å². The van der Waals surface area contributed by atoms with Gasteiger partial charge in [0.1, 0.15) is 5.75 Å². The molecule has 1 aliphatic rings. The fraction of sp³-hybridized carbons (Fsp3) is 0.409. The summed E-state index contributed by atoms with van der Waals surface area (Å²) in [6.07, 6.45) is 1.51. The summed E-state index contributed by atoms with van der Waals surface area (Å²) in [6.45, 7) is 0.00539. The number of nitrogens with one attached hydrogen (secondary N) is 1. The molecule has 6 nitrogen and oxygen atoms in total. The van der Waals surface area contributed by atoms with E-state index in [9.17, 15) is 22.8 Å². The van der Waals surface area contributed by atoms with Gasteiger partial charge in [0.15, 0.2) is 6.61 Å². The molecule has 3 N–H and O–H groups in total. The molecule has 1 fully saturated rings. The van der Waals surface area contributed by atoms with Crippen LogP contribution in [-0.4, -0.2) is 23.4 Å². The lowest BCUT2D eigenvalue weighted by atomic mass is 9.89. The van der Waals surface area contributed by atoms with E-state index < -0.39 is 17.6 Å². The first-order valence-electron chi connectivity index (χ1n) is 10.2. The van der Waals surface area contributed by atoms with Crippen LogP contribution in [-0.2, 0) is 22.3 Å². The van der Waals surface area contributed by atoms with Crippen LogP contribution in [0.15, 0.2) is 36.5 Å². The van der Waals surface area contributed by atoms with Gasteiger partial charge in [0.2, 0.25) is 5.91 Å². The molecule has 0 radical (unpaired) electrons. The SMILES string of the molecule is NC(=O)COc1ccc(Cl)c(Cl)c1.O=C(NCc1ccc(C(F)(F)F)cn1)C1CCCCC1. The summed E-state index contributed by atoms with van der Waals surface area (Å²) >= 11 is 11.4. The average Bonchev–Trinajstić information content (AvgIpc) is 2.79. The van der Waals surface area contributed by atoms with Crippen molar-refractivity contribution in [2.75, 3.05) is 6.61 Å². The molecular formula is C22H24Cl2F3N3O3. The predicted molar refractivity (Wildman–Crippen MR) is 119 cm³/mol. The monoisotopic (exact) mass is 505 g/mol. The summed E-state index contributed by atoms with van der Waals surface area (Å²) < 4.78 is 42.1. The Kier molecular flexibility index (Phi) is 10.2. The number of hydrogen-bond acceptors (Lipinski definition) is 4. The zero-order valence-electron chi connectivity index (χ0n) is 17.6. The van der Waals surface area contributed by atoms with Crippen molar-refractivity contribution in [2.45, 2.75) is 44.8 Å². The van der Waals surface area contributed by atoms with Crippen LogP contribution in [0.2, 0.25) is 10.0 Å². The molecule has 0 bridgehead atoms. The number of benzene rings is 1. The van der Waals surface area contributed by atoms with E-state index in [2.05, 4.69) is 10.3 Å². The fourth-order valence-electron chi connectivity index (χ4n) is 3.10. The number of aromatic nitrogens is 1. The van der Waals surface area contributed by atoms with Crippen LogP contribution >= 0.6 is 23.2 Å². The second kappa shape index (κ2) is 12.6. The quantitative estimate of drug-likeness (QED) is 0.567. The zero-order valence-corrected chi connectivity index (χ0v) is 19.1. The van der Waals surface area contributed by atoms with Crippen LogP contribution in [0.3, 0.4) is 0 Å². The van der Waals surface area contributed by atoms with Gasteiger partial charge in [-0.2, -0.15) is 13.2 Å². The maximum atomic E-state index is 12.4. The third kappa shape index (κ3) is 9.47. The Morgan fingerprint density at radius 2 is 1.79 bits per heavy atom. The lowest BCUT2D eigenvalue weighted by molar-refractivity contribution is -0.138. The molecule has 1 aliphatic carbocycles. The highest BCUT2D eigenvalue weighted by Crippen LogP contribution is 2.28. The molecule has 1 heterocycles. The van der Waals surface area contributed by atoms with E-state index in [0.29, 0.717) is 21.5 Å². The van der Waals surface area contributed by atoms with Crippen molar-refractivity contribution in [1.29, 1.82) is 0 Å². The predicted octanol–water partition coefficient (Wildman–Crippen LogP) is 5.15. The second-order valence-electron chi connectivity index (χ2n) is 7.42. The molecule has 0 aliphatic heterocycles. The number of rotatable bonds is 6. The number of carbonyl (C=O) groups excluding carboxylic acids is 2. The highest BCUT2D eigenvalue weighted by Gasteiger charge is 2.30. The summed E-state index contributed by atoms with van der Waals surface area (Å²) in [6, 6.07) is 6.99. The molecule has 3 rings (SSSR count). The third-order valence-corrected chi connectivity index (χ3v) is 5.58. The normalized spacial score (nSPS) is 14.1. The number of nitrogens with zero attached hydrogens (tertiary/aromatic N) is 1. The summed E-state index contributed by atoms with van der Waals surface area (Å²) in [4.78, 5) is 26.0. The number of amides is 2. The van der Waals surface area contributed by atoms with Crippen LogP contribution in [0, 0.1) is 5.92 Å². The second-order valence-corrected chi connectivity index (χ2v) is 8.23. The van der Waals surface area contributed by atoms with Gasteiger partial charge >= 0.3 is 6.18 Å². The summed E-state index contributed by atoms with van der Waals surface area (Å²) in [5.41, 5.74) is 4.54. The minimum atomic E-state index is -4.38. The number of hydrogen-bond donors (Lipinski definition) is 2. The van der Waals surface area contributed by atoms with Crippen LogP contribution in [0.4, 0.5) is 13.2 Å². The number of alkyl halides is 3. The molecule has 1 aromatic carbocycles. The number of carbonyl (C=O) groups is 2. The molecule has 11 heteroatoms. The molecule has 180 valence electrons. The summed E-state index contributed by atoms with van der Waals surface area (Å²) in [5, 5.41) is 3.56. The number of halogens is 5. The maximum absolute atomic E-state index is 12.4. The lowest BCUT2D eigenvalue weighted by Gasteiger charge is -2.20. The zero-order chi connectivity index (χ0) is 24.4. The van der Waals surface area contributed by atoms with Gasteiger partial charge in [-0.3, -0.25) is 14.6 Å². The van der Waals surface area contributed by atoms with Gasteiger partial charge < -0.3 is 15.8 Å². The van der Waals surface area contributed by atoms with Crippen LogP contribution < -0.4 is 15.8 Å². The highest BCUT2D eigenvalue weighted by atomic mass is 35.5. The van der Waals surface area contributed by atoms with Gasteiger partial charge in [-0.15, -0.1) is 0 Å². The molecular weight excluding hydrogens is 482 g/mol. The topological polar surface area (TPSA) is 94.3 Å². The minimum absolute atomic E-state index is 0.0219. The number of nitrogens with two attached hydrogens (primary N) is 1. The molecule has 0 unspecified atom stereocenters. The molecule has 0 spiro atoms. The van der Waals surface area contributed by atoms with E-state index in [0.717, 1.165) is 37.9 Å². The molecule has 1 aromatic heterocycles. The maximum Gasteiger partial charge on any atom is 0.417 e. The lowest BCUT2D eigenvalue weighted by Crippen LogP contribution is -2.31. The average molecular weight is 506 g/mol. The Labute approximate surface area is 199 Å². The molecule has 33 heavy (non-hydrogen) atoms. The van der Waals surface area contributed by atoms with Crippen molar-refractivity contribution in [1.82, 2.24) is 10.3 Å². The van der Waals surface area contributed by atoms with E-state index in [1.165, 1.54) is 18.6 Å². The minimum Gasteiger partial charge on any atom is -0.484 e. The number of pyridine rings is 1. The van der Waals surface area contributed by atoms with Gasteiger partial charge in [0.25, 0.3) is 5.91 Å². The molecule has 0 atom stereocenters. The first kappa shape index (κ1) is 26.7. The van der Waals surface area contributed by atoms with E-state index in [4.69, 9.17) is 33.7 Å². The van der Waals surface area contributed by atoms with Gasteiger partial charge in [0, 0.05) is 18.2 Å². The van der Waals surface area contributed by atoms with Crippen LogP contribution in [0.1, 0.15) is 43.4 Å². The van der Waals surface area contributed by atoms with Gasteiger partial charge in [-0.25, -0.2) is 0 Å². The van der Waals surface area contributed by atoms with Crippen molar-refractivity contribution in [2.24, 2.45) is 11.7 Å². The van der Waals surface area contributed by atoms with Crippen molar-refractivity contribution < 1.29 is 27.5 Å². The Morgan fingerprint density at radius 1 is 1.09 bits per heavy atom. The largest absolute Gasteiger partial charge is 0.484 e. The Hall–Kier alpha value is -2.52. The number of ether oxygens (including phenoxy) is 1. The Bertz CT molecular complexity index is 935. The van der Waals surface area contributed by atoms with Gasteiger partial charge in [-0.1, -0.05) is 42.5 Å². The van der Waals surface area contributed by atoms with Crippen LogP contribution in [0.5, 0.6) is 5.75 Å². The standard InChI is InChI=1S/C14H17F3N2O.C8H7Cl2NO2/c15-14(16,17)11-6-7-12(18-8-11)9-19-13(20)10-4-2-1-3-5-10;9-6-2-1-5(3-7(6)10)13-4-8(11)12/h6-8,10H,1-5,9H2,(H,19,20);1-3H,4H2,(H2,11,12). The van der Waals surface area contributed by atoms with Gasteiger partial charge in [-0.05, 0) is 37.1 Å². The van der Waals surface area contributed by atoms with E-state index in [1.54, 1.807) is 12.1 Å². The molecule has 2 amide bonds. The Balaban J connectivity index is 0.000000257. The fourth-order valence-corrected chi connectivity index (χ4v) is 3.39.